The first-order valence-electron chi connectivity index (χ1n) is 9.16. The van der Waals surface area contributed by atoms with E-state index in [1.165, 1.54) is 6.92 Å². The minimum atomic E-state index is -1.32. The van der Waals surface area contributed by atoms with E-state index < -0.39 is 10.8 Å². The van der Waals surface area contributed by atoms with Crippen LogP contribution in [0.3, 0.4) is 0 Å². The predicted octanol–water partition coefficient (Wildman–Crippen LogP) is 5.48. The lowest BCUT2D eigenvalue weighted by atomic mass is 9.96. The van der Waals surface area contributed by atoms with E-state index in [-0.39, 0.29) is 12.6 Å². The number of rotatable bonds is 6. The van der Waals surface area contributed by atoms with E-state index >= 15 is 0 Å². The van der Waals surface area contributed by atoms with Crippen LogP contribution in [0.4, 0.5) is 0 Å². The van der Waals surface area contributed by atoms with Crippen molar-refractivity contribution in [1.82, 2.24) is 0 Å². The van der Waals surface area contributed by atoms with Gasteiger partial charge < -0.3 is 9.47 Å². The number of alkyl halides is 1. The van der Waals surface area contributed by atoms with Crippen LogP contribution in [0.15, 0.2) is 78.9 Å². The zero-order valence-electron chi connectivity index (χ0n) is 16.2. The molecule has 3 aromatic carbocycles. The first-order chi connectivity index (χ1) is 13.9. The topological polar surface area (TPSA) is 52.6 Å². The Morgan fingerprint density at radius 2 is 1.52 bits per heavy atom. The largest absolute Gasteiger partial charge is 0.459 e. The van der Waals surface area contributed by atoms with Crippen LogP contribution in [0.25, 0.3) is 11.1 Å². The molecule has 0 aliphatic heterocycles. The van der Waals surface area contributed by atoms with Crippen molar-refractivity contribution >= 4 is 23.5 Å². The van der Waals surface area contributed by atoms with Crippen molar-refractivity contribution < 1.29 is 19.1 Å². The third-order valence-electron chi connectivity index (χ3n) is 4.47. The summed E-state index contributed by atoms with van der Waals surface area (Å²) in [6, 6.07) is 23.9. The van der Waals surface area contributed by atoms with Gasteiger partial charge in [-0.2, -0.15) is 0 Å². The molecule has 0 amide bonds. The molecule has 0 N–H and O–H groups in total. The molecule has 1 unspecified atom stereocenters. The van der Waals surface area contributed by atoms with Crippen molar-refractivity contribution in [3.63, 3.8) is 0 Å². The highest BCUT2D eigenvalue weighted by molar-refractivity contribution is 6.33. The number of para-hydroxylation sites is 1. The molecule has 0 saturated carbocycles. The lowest BCUT2D eigenvalue weighted by Gasteiger charge is -2.21. The van der Waals surface area contributed by atoms with Crippen molar-refractivity contribution in [1.29, 1.82) is 0 Å². The molecule has 0 radical (unpaired) electrons. The normalized spacial score (nSPS) is 12.7. The summed E-state index contributed by atoms with van der Waals surface area (Å²) in [6.07, 6.45) is 0. The third kappa shape index (κ3) is 5.04. The molecule has 5 heteroatoms. The molecule has 1 atom stereocenters. The van der Waals surface area contributed by atoms with Crippen molar-refractivity contribution in [2.45, 2.75) is 25.3 Å². The zero-order chi connectivity index (χ0) is 20.9. The molecule has 0 aliphatic rings. The van der Waals surface area contributed by atoms with Gasteiger partial charge in [0.15, 0.2) is 4.87 Å². The molecule has 3 aromatic rings. The molecule has 0 aliphatic carbocycles. The lowest BCUT2D eigenvalue weighted by Crippen LogP contribution is -2.28. The SMILES string of the molecule is CC(=O)Oc1ccccc1-c1ccc(C(C)(Cl)C(=O)OCc2ccccc2)cc1. The standard InChI is InChI=1S/C24H21ClO4/c1-17(26)29-22-11-7-6-10-21(22)19-12-14-20(15-13-19)24(2,25)23(27)28-16-18-8-4-3-5-9-18/h3-15H,16H2,1-2H3. The van der Waals surface area contributed by atoms with Crippen LogP contribution in [-0.4, -0.2) is 11.9 Å². The highest BCUT2D eigenvalue weighted by atomic mass is 35.5. The minimum absolute atomic E-state index is 0.163. The van der Waals surface area contributed by atoms with Gasteiger partial charge in [-0.25, -0.2) is 4.79 Å². The summed E-state index contributed by atoms with van der Waals surface area (Å²) in [5.74, 6) is -0.427. The van der Waals surface area contributed by atoms with Crippen molar-refractivity contribution in [3.8, 4) is 16.9 Å². The van der Waals surface area contributed by atoms with Crippen LogP contribution >= 0.6 is 11.6 Å². The van der Waals surface area contributed by atoms with Gasteiger partial charge in [0.05, 0.1) is 0 Å². The van der Waals surface area contributed by atoms with Gasteiger partial charge in [0.2, 0.25) is 0 Å². The Bertz CT molecular complexity index is 995. The van der Waals surface area contributed by atoms with Crippen LogP contribution in [0.5, 0.6) is 5.75 Å². The highest BCUT2D eigenvalue weighted by Crippen LogP contribution is 2.34. The number of benzene rings is 3. The number of hydrogen-bond donors (Lipinski definition) is 0. The molecular weight excluding hydrogens is 388 g/mol. The van der Waals surface area contributed by atoms with Gasteiger partial charge in [-0.15, -0.1) is 11.6 Å². The quantitative estimate of drug-likeness (QED) is 0.308. The fraction of sp³-hybridized carbons (Fsp3) is 0.167. The second kappa shape index (κ2) is 8.93. The molecule has 0 saturated heterocycles. The van der Waals surface area contributed by atoms with Gasteiger partial charge in [0.25, 0.3) is 0 Å². The number of hydrogen-bond acceptors (Lipinski definition) is 4. The molecule has 29 heavy (non-hydrogen) atoms. The van der Waals surface area contributed by atoms with Gasteiger partial charge >= 0.3 is 11.9 Å². The second-order valence-electron chi connectivity index (χ2n) is 6.73. The van der Waals surface area contributed by atoms with Crippen LogP contribution in [0, 0.1) is 0 Å². The second-order valence-corrected chi connectivity index (χ2v) is 7.49. The van der Waals surface area contributed by atoms with Gasteiger partial charge in [-0.3, -0.25) is 4.79 Å². The van der Waals surface area contributed by atoms with Crippen LogP contribution in [0.1, 0.15) is 25.0 Å². The monoisotopic (exact) mass is 408 g/mol. The van der Waals surface area contributed by atoms with Gasteiger partial charge in [0.1, 0.15) is 12.4 Å². The van der Waals surface area contributed by atoms with Crippen molar-refractivity contribution in [2.75, 3.05) is 0 Å². The lowest BCUT2D eigenvalue weighted by molar-refractivity contribution is -0.148. The maximum absolute atomic E-state index is 12.6. The van der Waals surface area contributed by atoms with E-state index in [4.69, 9.17) is 21.1 Å². The number of ether oxygens (including phenoxy) is 2. The van der Waals surface area contributed by atoms with E-state index in [0.717, 1.165) is 16.7 Å². The van der Waals surface area contributed by atoms with E-state index in [1.807, 2.05) is 54.6 Å². The summed E-state index contributed by atoms with van der Waals surface area (Å²) < 4.78 is 10.7. The van der Waals surface area contributed by atoms with Gasteiger partial charge in [0, 0.05) is 12.5 Å². The maximum atomic E-state index is 12.6. The average molecular weight is 409 g/mol. The fourth-order valence-corrected chi connectivity index (χ4v) is 3.07. The molecule has 0 fully saturated rings. The summed E-state index contributed by atoms with van der Waals surface area (Å²) >= 11 is 6.53. The Morgan fingerprint density at radius 1 is 0.897 bits per heavy atom. The summed E-state index contributed by atoms with van der Waals surface area (Å²) in [5, 5.41) is 0. The van der Waals surface area contributed by atoms with E-state index in [9.17, 15) is 9.59 Å². The number of halogens is 1. The Hall–Kier alpha value is -3.11. The first-order valence-corrected chi connectivity index (χ1v) is 9.54. The molecule has 0 spiro atoms. The van der Waals surface area contributed by atoms with E-state index in [0.29, 0.717) is 11.3 Å². The predicted molar refractivity (Wildman–Crippen MR) is 113 cm³/mol. The average Bonchev–Trinajstić information content (AvgIpc) is 2.73. The molecule has 0 bridgehead atoms. The third-order valence-corrected chi connectivity index (χ3v) is 4.85. The molecule has 0 aromatic heterocycles. The Balaban J connectivity index is 1.77. The highest BCUT2D eigenvalue weighted by Gasteiger charge is 2.34. The van der Waals surface area contributed by atoms with Crippen molar-refractivity contribution in [2.24, 2.45) is 0 Å². The van der Waals surface area contributed by atoms with Gasteiger partial charge in [-0.1, -0.05) is 72.8 Å². The zero-order valence-corrected chi connectivity index (χ0v) is 17.0. The first kappa shape index (κ1) is 20.6. The minimum Gasteiger partial charge on any atom is -0.459 e. The van der Waals surface area contributed by atoms with E-state index in [2.05, 4.69) is 0 Å². The Kier molecular flexibility index (Phi) is 6.35. The summed E-state index contributed by atoms with van der Waals surface area (Å²) in [4.78, 5) is 22.6. The molecule has 3 rings (SSSR count). The van der Waals surface area contributed by atoms with Crippen LogP contribution in [-0.2, 0) is 25.8 Å². The summed E-state index contributed by atoms with van der Waals surface area (Å²) in [5.41, 5.74) is 3.13. The van der Waals surface area contributed by atoms with Crippen LogP contribution < -0.4 is 4.74 Å². The van der Waals surface area contributed by atoms with E-state index in [1.54, 1.807) is 31.2 Å². The number of esters is 2. The van der Waals surface area contributed by atoms with Gasteiger partial charge in [-0.05, 0) is 29.7 Å². The maximum Gasteiger partial charge on any atom is 0.331 e. The number of carbonyl (C=O) groups excluding carboxylic acids is 2. The molecule has 0 heterocycles. The van der Waals surface area contributed by atoms with Crippen LogP contribution in [0.2, 0.25) is 0 Å². The molecular formula is C24H21ClO4. The summed E-state index contributed by atoms with van der Waals surface area (Å²) in [6.45, 7) is 3.14. The molecule has 4 nitrogen and oxygen atoms in total. The Morgan fingerprint density at radius 3 is 2.17 bits per heavy atom. The Labute approximate surface area is 175 Å². The fourth-order valence-electron chi connectivity index (χ4n) is 2.89. The number of carbonyl (C=O) groups is 2. The van der Waals surface area contributed by atoms with Crippen molar-refractivity contribution in [3.05, 3.63) is 90.0 Å². The smallest absolute Gasteiger partial charge is 0.331 e. The molecule has 148 valence electrons. The summed E-state index contributed by atoms with van der Waals surface area (Å²) in [7, 11) is 0.